The molecule has 0 radical (unpaired) electrons. The molecule has 0 aromatic heterocycles. The van der Waals surface area contributed by atoms with Gasteiger partial charge in [-0.1, -0.05) is 29.4 Å². The van der Waals surface area contributed by atoms with Gasteiger partial charge in [0.1, 0.15) is 0 Å². The molecule has 1 N–H and O–H groups in total. The quantitative estimate of drug-likeness (QED) is 0.351. The third kappa shape index (κ3) is 4.33. The monoisotopic (exact) mass is 419 g/mol. The topological polar surface area (TPSA) is 92.6 Å². The number of hydrazine groups is 1. The molecule has 0 saturated carbocycles. The summed E-state index contributed by atoms with van der Waals surface area (Å²) >= 11 is 12.0. The van der Waals surface area contributed by atoms with Gasteiger partial charge in [-0.05, 0) is 54.2 Å². The molecule has 0 atom stereocenters. The van der Waals surface area contributed by atoms with Crippen molar-refractivity contribution in [2.75, 3.05) is 0 Å². The number of carbonyl (C=O) groups excluding carboxylic acids is 2. The SMILES string of the molecule is O=C(NN1C(=O)C(=Cc2ccc([N+](=O)[O-])cc2)SC1=S)c1cccc(Cl)c1. The van der Waals surface area contributed by atoms with Gasteiger partial charge in [-0.25, -0.2) is 0 Å². The van der Waals surface area contributed by atoms with Gasteiger partial charge in [0.2, 0.25) is 0 Å². The Morgan fingerprint density at radius 1 is 1.26 bits per heavy atom. The predicted molar refractivity (Wildman–Crippen MR) is 107 cm³/mol. The van der Waals surface area contributed by atoms with Crippen LogP contribution in [0.2, 0.25) is 5.02 Å². The molecule has 0 unspecified atom stereocenters. The fourth-order valence-corrected chi connectivity index (χ4v) is 3.57. The zero-order valence-corrected chi connectivity index (χ0v) is 15.8. The van der Waals surface area contributed by atoms with E-state index in [0.717, 1.165) is 16.8 Å². The molecule has 1 aliphatic rings. The number of thiocarbonyl (C=S) groups is 1. The summed E-state index contributed by atoms with van der Waals surface area (Å²) < 4.78 is 0.170. The van der Waals surface area contributed by atoms with Crippen LogP contribution >= 0.6 is 35.6 Å². The van der Waals surface area contributed by atoms with Gasteiger partial charge in [-0.15, -0.1) is 0 Å². The van der Waals surface area contributed by atoms with E-state index in [1.165, 1.54) is 30.3 Å². The highest BCUT2D eigenvalue weighted by atomic mass is 35.5. The number of benzene rings is 2. The standard InChI is InChI=1S/C17H10ClN3O4S2/c18-12-3-1-2-11(9-12)15(22)19-20-16(23)14(27-17(20)26)8-10-4-6-13(7-5-10)21(24)25/h1-9H,(H,19,22). The highest BCUT2D eigenvalue weighted by Crippen LogP contribution is 2.31. The summed E-state index contributed by atoms with van der Waals surface area (Å²) in [7, 11) is 0. The number of nitrogens with one attached hydrogen (secondary N) is 1. The second-order valence-corrected chi connectivity index (χ2v) is 7.43. The highest BCUT2D eigenvalue weighted by molar-refractivity contribution is 8.26. The lowest BCUT2D eigenvalue weighted by Crippen LogP contribution is -2.44. The lowest BCUT2D eigenvalue weighted by Gasteiger charge is -2.15. The molecule has 1 aliphatic heterocycles. The van der Waals surface area contributed by atoms with Crippen molar-refractivity contribution in [2.45, 2.75) is 0 Å². The highest BCUT2D eigenvalue weighted by Gasteiger charge is 2.33. The van der Waals surface area contributed by atoms with Crippen LogP contribution in [0.1, 0.15) is 15.9 Å². The van der Waals surface area contributed by atoms with Crippen molar-refractivity contribution in [3.05, 3.63) is 79.7 Å². The molecule has 10 heteroatoms. The lowest BCUT2D eigenvalue weighted by molar-refractivity contribution is -0.384. The van der Waals surface area contributed by atoms with E-state index >= 15 is 0 Å². The molecule has 1 heterocycles. The van der Waals surface area contributed by atoms with Gasteiger partial charge in [-0.3, -0.25) is 25.1 Å². The number of halogens is 1. The summed E-state index contributed by atoms with van der Waals surface area (Å²) in [5, 5.41) is 12.1. The first-order chi connectivity index (χ1) is 12.8. The molecular weight excluding hydrogens is 410 g/mol. The van der Waals surface area contributed by atoms with E-state index in [9.17, 15) is 19.7 Å². The molecule has 0 aliphatic carbocycles. The molecule has 0 spiro atoms. The van der Waals surface area contributed by atoms with E-state index in [1.807, 2.05) is 0 Å². The summed E-state index contributed by atoms with van der Waals surface area (Å²) in [5.74, 6) is -1.01. The van der Waals surface area contributed by atoms with Crippen LogP contribution in [-0.4, -0.2) is 26.1 Å². The number of hydrogen-bond donors (Lipinski definition) is 1. The first-order valence-corrected chi connectivity index (χ1v) is 9.04. The molecule has 1 fully saturated rings. The summed E-state index contributed by atoms with van der Waals surface area (Å²) in [6.07, 6.45) is 1.55. The Balaban J connectivity index is 1.76. The normalized spacial score (nSPS) is 15.3. The summed E-state index contributed by atoms with van der Waals surface area (Å²) in [6.45, 7) is 0. The zero-order chi connectivity index (χ0) is 19.6. The van der Waals surface area contributed by atoms with E-state index < -0.39 is 16.7 Å². The number of non-ortho nitro benzene ring substituents is 1. The van der Waals surface area contributed by atoms with E-state index in [4.69, 9.17) is 23.8 Å². The molecule has 0 bridgehead atoms. The van der Waals surface area contributed by atoms with Crippen molar-refractivity contribution in [1.29, 1.82) is 0 Å². The van der Waals surface area contributed by atoms with Crippen LogP contribution in [0.3, 0.4) is 0 Å². The number of thioether (sulfide) groups is 1. The van der Waals surface area contributed by atoms with Crippen LogP contribution in [0.5, 0.6) is 0 Å². The molecular formula is C17H10ClN3O4S2. The number of nitrogens with zero attached hydrogens (tertiary/aromatic N) is 2. The van der Waals surface area contributed by atoms with Crippen molar-refractivity contribution in [2.24, 2.45) is 0 Å². The average Bonchev–Trinajstić information content (AvgIpc) is 2.89. The van der Waals surface area contributed by atoms with Gasteiger partial charge in [0.25, 0.3) is 17.5 Å². The Labute approximate surface area is 168 Å². The molecule has 27 heavy (non-hydrogen) atoms. The van der Waals surface area contributed by atoms with Crippen LogP contribution in [0.25, 0.3) is 6.08 Å². The first-order valence-electron chi connectivity index (χ1n) is 7.44. The average molecular weight is 420 g/mol. The smallest absolute Gasteiger partial charge is 0.267 e. The zero-order valence-electron chi connectivity index (χ0n) is 13.4. The summed E-state index contributed by atoms with van der Waals surface area (Å²) in [5.41, 5.74) is 3.30. The lowest BCUT2D eigenvalue weighted by atomic mass is 10.2. The third-order valence-electron chi connectivity index (χ3n) is 3.50. The Kier molecular flexibility index (Phi) is 5.54. The Bertz CT molecular complexity index is 992. The minimum atomic E-state index is -0.523. The van der Waals surface area contributed by atoms with Crippen molar-refractivity contribution in [3.8, 4) is 0 Å². The molecule has 2 aromatic carbocycles. The number of nitro benzene ring substituents is 1. The molecule has 3 rings (SSSR count). The van der Waals surface area contributed by atoms with Crippen LogP contribution < -0.4 is 5.43 Å². The summed E-state index contributed by atoms with van der Waals surface area (Å²) in [6, 6.07) is 12.0. The fraction of sp³-hybridized carbons (Fsp3) is 0. The first kappa shape index (κ1) is 19.0. The molecule has 136 valence electrons. The fourth-order valence-electron chi connectivity index (χ4n) is 2.20. The minimum absolute atomic E-state index is 0.0477. The van der Waals surface area contributed by atoms with Gasteiger partial charge in [-0.2, -0.15) is 5.01 Å². The van der Waals surface area contributed by atoms with Crippen molar-refractivity contribution < 1.29 is 14.5 Å². The largest absolute Gasteiger partial charge is 0.285 e. The Morgan fingerprint density at radius 2 is 1.96 bits per heavy atom. The number of nitro groups is 1. The van der Waals surface area contributed by atoms with Crippen molar-refractivity contribution >= 4 is 63.5 Å². The predicted octanol–water partition coefficient (Wildman–Crippen LogP) is 3.79. The van der Waals surface area contributed by atoms with E-state index in [-0.39, 0.29) is 15.6 Å². The summed E-state index contributed by atoms with van der Waals surface area (Å²) in [4.78, 5) is 35.3. The maximum atomic E-state index is 12.5. The van der Waals surface area contributed by atoms with Crippen molar-refractivity contribution in [3.63, 3.8) is 0 Å². The molecule has 2 amide bonds. The number of hydrogen-bond acceptors (Lipinski definition) is 6. The molecule has 1 saturated heterocycles. The molecule has 2 aromatic rings. The van der Waals surface area contributed by atoms with E-state index in [1.54, 1.807) is 24.3 Å². The van der Waals surface area contributed by atoms with Gasteiger partial charge < -0.3 is 0 Å². The third-order valence-corrected chi connectivity index (χ3v) is 5.03. The van der Waals surface area contributed by atoms with Crippen LogP contribution in [0.15, 0.2) is 53.4 Å². The van der Waals surface area contributed by atoms with Crippen LogP contribution in [-0.2, 0) is 4.79 Å². The van der Waals surface area contributed by atoms with Gasteiger partial charge in [0.15, 0.2) is 4.32 Å². The minimum Gasteiger partial charge on any atom is -0.267 e. The number of rotatable bonds is 4. The van der Waals surface area contributed by atoms with E-state index in [0.29, 0.717) is 15.5 Å². The second-order valence-electron chi connectivity index (χ2n) is 5.32. The van der Waals surface area contributed by atoms with Gasteiger partial charge >= 0.3 is 0 Å². The van der Waals surface area contributed by atoms with Crippen molar-refractivity contribution in [1.82, 2.24) is 10.4 Å². The van der Waals surface area contributed by atoms with Crippen LogP contribution in [0.4, 0.5) is 5.69 Å². The second kappa shape index (κ2) is 7.87. The van der Waals surface area contributed by atoms with Crippen LogP contribution in [0, 0.1) is 10.1 Å². The van der Waals surface area contributed by atoms with Gasteiger partial charge in [0, 0.05) is 22.7 Å². The maximum absolute atomic E-state index is 12.5. The maximum Gasteiger partial charge on any atom is 0.285 e. The van der Waals surface area contributed by atoms with E-state index in [2.05, 4.69) is 5.43 Å². The Morgan fingerprint density at radius 3 is 2.59 bits per heavy atom. The molecule has 7 nitrogen and oxygen atoms in total. The number of carbonyl (C=O) groups is 2. The number of amides is 2. The Hall–Kier alpha value is -2.75. The van der Waals surface area contributed by atoms with Gasteiger partial charge in [0.05, 0.1) is 9.83 Å².